The number of Topliss-reactive ketones (excluding diaryl/α,β-unsaturated/α-hetero) is 1. The number of carbonyl (C=O) groups excluding carboxylic acids is 3. The summed E-state index contributed by atoms with van der Waals surface area (Å²) in [6, 6.07) is 7.30. The Balaban J connectivity index is 1.81. The van der Waals surface area contributed by atoms with Crippen LogP contribution in [-0.2, 0) is 16.0 Å². The molecule has 158 valence electrons. The van der Waals surface area contributed by atoms with Crippen LogP contribution in [0, 0.1) is 23.4 Å². The van der Waals surface area contributed by atoms with Crippen molar-refractivity contribution in [2.45, 2.75) is 18.8 Å². The van der Waals surface area contributed by atoms with Crippen molar-refractivity contribution in [3.05, 3.63) is 70.5 Å². The largest absolute Gasteiger partial charge is 0.355 e. The zero-order valence-electron chi connectivity index (χ0n) is 16.5. The van der Waals surface area contributed by atoms with Gasteiger partial charge in [0, 0.05) is 50.5 Å². The van der Waals surface area contributed by atoms with E-state index in [1.165, 1.54) is 43.3 Å². The highest BCUT2D eigenvalue weighted by molar-refractivity contribution is 5.94. The van der Waals surface area contributed by atoms with Crippen molar-refractivity contribution in [1.82, 2.24) is 10.2 Å². The standard InChI is InChI=1S/C22H21F3N2O3/c1-27(2)22(30)13-8-18(24)20(19(25)9-13)17-11-26-21(29)16(17)10-15(28)7-12-3-5-14(23)6-4-12/h3-6,8-9,16-17H,7,10-11H2,1-2H3,(H,26,29)/t16-,17+/m0/s1. The molecule has 0 bridgehead atoms. The molecule has 0 aliphatic carbocycles. The minimum absolute atomic E-state index is 0.0118. The first kappa shape index (κ1) is 21.5. The van der Waals surface area contributed by atoms with Crippen LogP contribution in [0.5, 0.6) is 0 Å². The Hall–Kier alpha value is -3.16. The van der Waals surface area contributed by atoms with Gasteiger partial charge in [0.15, 0.2) is 0 Å². The van der Waals surface area contributed by atoms with E-state index in [1.807, 2.05) is 0 Å². The van der Waals surface area contributed by atoms with Gasteiger partial charge in [0.1, 0.15) is 23.2 Å². The van der Waals surface area contributed by atoms with E-state index < -0.39 is 41.1 Å². The number of hydrogen-bond donors (Lipinski definition) is 1. The molecule has 2 aromatic carbocycles. The minimum Gasteiger partial charge on any atom is -0.355 e. The predicted molar refractivity (Wildman–Crippen MR) is 103 cm³/mol. The van der Waals surface area contributed by atoms with Crippen LogP contribution in [0.25, 0.3) is 0 Å². The maximum Gasteiger partial charge on any atom is 0.253 e. The molecule has 30 heavy (non-hydrogen) atoms. The summed E-state index contributed by atoms with van der Waals surface area (Å²) in [5.74, 6) is -5.41. The summed E-state index contributed by atoms with van der Waals surface area (Å²) >= 11 is 0. The van der Waals surface area contributed by atoms with Crippen LogP contribution in [0.15, 0.2) is 36.4 Å². The fourth-order valence-electron chi connectivity index (χ4n) is 3.67. The van der Waals surface area contributed by atoms with Gasteiger partial charge >= 0.3 is 0 Å². The molecule has 1 N–H and O–H groups in total. The molecule has 5 nitrogen and oxygen atoms in total. The molecule has 1 aliphatic heterocycles. The molecule has 2 aromatic rings. The van der Waals surface area contributed by atoms with E-state index in [4.69, 9.17) is 0 Å². The highest BCUT2D eigenvalue weighted by Gasteiger charge is 2.40. The maximum atomic E-state index is 14.7. The molecule has 1 saturated heterocycles. The quantitative estimate of drug-likeness (QED) is 0.785. The number of amides is 2. The third-order valence-electron chi connectivity index (χ3n) is 5.18. The number of halogens is 3. The Morgan fingerprint density at radius 2 is 1.67 bits per heavy atom. The van der Waals surface area contributed by atoms with Crippen LogP contribution < -0.4 is 5.32 Å². The van der Waals surface area contributed by atoms with Gasteiger partial charge in [-0.15, -0.1) is 0 Å². The topological polar surface area (TPSA) is 66.5 Å². The third kappa shape index (κ3) is 4.53. The van der Waals surface area contributed by atoms with Crippen LogP contribution >= 0.6 is 0 Å². The van der Waals surface area contributed by atoms with Crippen molar-refractivity contribution in [3.8, 4) is 0 Å². The van der Waals surface area contributed by atoms with E-state index in [9.17, 15) is 27.6 Å². The lowest BCUT2D eigenvalue weighted by atomic mass is 9.83. The summed E-state index contributed by atoms with van der Waals surface area (Å²) in [6.45, 7) is -0.0118. The van der Waals surface area contributed by atoms with Gasteiger partial charge in [0.05, 0.1) is 5.92 Å². The van der Waals surface area contributed by atoms with Gasteiger partial charge in [-0.25, -0.2) is 13.2 Å². The van der Waals surface area contributed by atoms with Gasteiger partial charge in [0.25, 0.3) is 5.91 Å². The summed E-state index contributed by atoms with van der Waals surface area (Å²) in [6.07, 6.45) is -0.219. The van der Waals surface area contributed by atoms with Crippen molar-refractivity contribution >= 4 is 17.6 Å². The highest BCUT2D eigenvalue weighted by Crippen LogP contribution is 2.35. The van der Waals surface area contributed by atoms with Crippen LogP contribution in [0.1, 0.15) is 33.8 Å². The fraction of sp³-hybridized carbons (Fsp3) is 0.318. The molecule has 0 radical (unpaired) electrons. The molecule has 1 heterocycles. The average Bonchev–Trinajstić information content (AvgIpc) is 3.02. The predicted octanol–water partition coefficient (Wildman–Crippen LogP) is 2.84. The SMILES string of the molecule is CN(C)C(=O)c1cc(F)c([C@@H]2CNC(=O)[C@H]2CC(=O)Cc2ccc(F)cc2)c(F)c1. The summed E-state index contributed by atoms with van der Waals surface area (Å²) in [5.41, 5.74) is 0.128. The molecule has 1 fully saturated rings. The number of benzene rings is 2. The Morgan fingerprint density at radius 3 is 2.23 bits per heavy atom. The van der Waals surface area contributed by atoms with Crippen molar-refractivity contribution in [3.63, 3.8) is 0 Å². The molecule has 3 rings (SSSR count). The Morgan fingerprint density at radius 1 is 1.07 bits per heavy atom. The minimum atomic E-state index is -0.933. The van der Waals surface area contributed by atoms with Gasteiger partial charge < -0.3 is 10.2 Å². The number of carbonyl (C=O) groups is 3. The van der Waals surface area contributed by atoms with Gasteiger partial charge in [-0.1, -0.05) is 12.1 Å². The van der Waals surface area contributed by atoms with E-state index in [-0.39, 0.29) is 36.3 Å². The number of rotatable bonds is 6. The van der Waals surface area contributed by atoms with Crippen molar-refractivity contribution in [1.29, 1.82) is 0 Å². The molecule has 8 heteroatoms. The average molecular weight is 418 g/mol. The third-order valence-corrected chi connectivity index (χ3v) is 5.18. The number of ketones is 1. The summed E-state index contributed by atoms with van der Waals surface area (Å²) in [4.78, 5) is 37.9. The summed E-state index contributed by atoms with van der Waals surface area (Å²) in [7, 11) is 2.93. The van der Waals surface area contributed by atoms with Crippen molar-refractivity contribution < 1.29 is 27.6 Å². The van der Waals surface area contributed by atoms with Crippen LogP contribution in [0.3, 0.4) is 0 Å². The van der Waals surface area contributed by atoms with Gasteiger partial charge in [0.2, 0.25) is 5.91 Å². The molecule has 2 amide bonds. The molecule has 2 atom stereocenters. The maximum absolute atomic E-state index is 14.7. The summed E-state index contributed by atoms with van der Waals surface area (Å²) in [5, 5.41) is 2.56. The Labute approximate surface area is 171 Å². The van der Waals surface area contributed by atoms with E-state index in [0.717, 1.165) is 12.1 Å². The first-order valence-corrected chi connectivity index (χ1v) is 9.41. The lowest BCUT2D eigenvalue weighted by molar-refractivity contribution is -0.127. The normalized spacial score (nSPS) is 18.2. The molecule has 1 aliphatic rings. The number of nitrogens with one attached hydrogen (secondary N) is 1. The first-order chi connectivity index (χ1) is 14.2. The van der Waals surface area contributed by atoms with Crippen molar-refractivity contribution in [2.24, 2.45) is 5.92 Å². The molecule has 0 aromatic heterocycles. The first-order valence-electron chi connectivity index (χ1n) is 9.41. The zero-order chi connectivity index (χ0) is 22.0. The van der Waals surface area contributed by atoms with E-state index in [0.29, 0.717) is 5.56 Å². The number of nitrogens with zero attached hydrogens (tertiary/aromatic N) is 1. The Kier molecular flexibility index (Phi) is 6.24. The molecule has 0 unspecified atom stereocenters. The zero-order valence-corrected chi connectivity index (χ0v) is 16.5. The van der Waals surface area contributed by atoms with Crippen molar-refractivity contribution in [2.75, 3.05) is 20.6 Å². The van der Waals surface area contributed by atoms with Crippen LogP contribution in [0.2, 0.25) is 0 Å². The van der Waals surface area contributed by atoms with Gasteiger partial charge in [-0.05, 0) is 29.8 Å². The van der Waals surface area contributed by atoms with Gasteiger partial charge in [-0.2, -0.15) is 0 Å². The van der Waals surface area contributed by atoms with E-state index in [1.54, 1.807) is 0 Å². The highest BCUT2D eigenvalue weighted by atomic mass is 19.1. The lowest BCUT2D eigenvalue weighted by Gasteiger charge is -2.19. The van der Waals surface area contributed by atoms with Crippen LogP contribution in [-0.4, -0.2) is 43.1 Å². The lowest BCUT2D eigenvalue weighted by Crippen LogP contribution is -2.24. The Bertz CT molecular complexity index is 967. The van der Waals surface area contributed by atoms with E-state index in [2.05, 4.69) is 5.32 Å². The molecular formula is C22H21F3N2O3. The number of hydrogen-bond acceptors (Lipinski definition) is 3. The van der Waals surface area contributed by atoms with Gasteiger partial charge in [-0.3, -0.25) is 14.4 Å². The molecular weight excluding hydrogens is 397 g/mol. The second-order valence-corrected chi connectivity index (χ2v) is 7.56. The smallest absolute Gasteiger partial charge is 0.253 e. The fourth-order valence-corrected chi connectivity index (χ4v) is 3.67. The van der Waals surface area contributed by atoms with E-state index >= 15 is 0 Å². The summed E-state index contributed by atoms with van der Waals surface area (Å²) < 4.78 is 42.5. The second-order valence-electron chi connectivity index (χ2n) is 7.56. The molecule has 0 saturated carbocycles. The molecule has 0 spiro atoms. The second kappa shape index (κ2) is 8.69. The monoisotopic (exact) mass is 418 g/mol. The van der Waals surface area contributed by atoms with Crippen LogP contribution in [0.4, 0.5) is 13.2 Å².